The van der Waals surface area contributed by atoms with Crippen LogP contribution < -0.4 is 4.90 Å². The molecular formula is C15H26ClN3. The van der Waals surface area contributed by atoms with Crippen LogP contribution in [0.25, 0.3) is 0 Å². The highest BCUT2D eigenvalue weighted by Gasteiger charge is 2.10. The lowest BCUT2D eigenvalue weighted by Gasteiger charge is -2.25. The zero-order valence-corrected chi connectivity index (χ0v) is 13.2. The number of nitrogens with zero attached hydrogens (tertiary/aromatic N) is 3. The summed E-state index contributed by atoms with van der Waals surface area (Å²) in [7, 11) is 0. The molecule has 1 aromatic heterocycles. The predicted octanol–water partition coefficient (Wildman–Crippen LogP) is 3.38. The molecule has 0 saturated heterocycles. The second-order valence-electron chi connectivity index (χ2n) is 4.58. The Bertz CT molecular complexity index is 353. The van der Waals surface area contributed by atoms with Gasteiger partial charge in [0.05, 0.1) is 5.88 Å². The first-order valence-electron chi connectivity index (χ1n) is 7.23. The van der Waals surface area contributed by atoms with Gasteiger partial charge >= 0.3 is 0 Å². The van der Waals surface area contributed by atoms with Gasteiger partial charge in [-0.25, -0.2) is 4.98 Å². The summed E-state index contributed by atoms with van der Waals surface area (Å²) in [5, 5.41) is 0. The molecule has 0 amide bonds. The van der Waals surface area contributed by atoms with Crippen LogP contribution in [0.3, 0.4) is 0 Å². The summed E-state index contributed by atoms with van der Waals surface area (Å²) in [6, 6.07) is 4.01. The number of hydrogen-bond donors (Lipinski definition) is 0. The molecule has 1 aromatic rings. The summed E-state index contributed by atoms with van der Waals surface area (Å²) in [4.78, 5) is 9.26. The molecule has 0 aliphatic heterocycles. The fourth-order valence-corrected chi connectivity index (χ4v) is 2.47. The highest BCUT2D eigenvalue weighted by atomic mass is 35.5. The lowest BCUT2D eigenvalue weighted by Crippen LogP contribution is -2.30. The number of alkyl halides is 1. The smallest absolute Gasteiger partial charge is 0.132 e. The maximum Gasteiger partial charge on any atom is 0.132 e. The minimum absolute atomic E-state index is 0.524. The Balaban J connectivity index is 2.58. The monoisotopic (exact) mass is 283 g/mol. The summed E-state index contributed by atoms with van der Waals surface area (Å²) >= 11 is 5.99. The van der Waals surface area contributed by atoms with Crippen molar-refractivity contribution < 1.29 is 0 Å². The van der Waals surface area contributed by atoms with Crippen molar-refractivity contribution in [2.75, 3.05) is 37.6 Å². The molecule has 0 bridgehead atoms. The Morgan fingerprint density at radius 2 is 1.84 bits per heavy atom. The molecule has 3 nitrogen and oxygen atoms in total. The standard InChI is InChI=1S/C15H26ClN3/c1-4-18(5-2)11-8-12-19(6-3)15-14(13-16)9-7-10-17-15/h7,9-10H,4-6,8,11-13H2,1-3H3. The number of aromatic nitrogens is 1. The van der Waals surface area contributed by atoms with E-state index in [0.29, 0.717) is 5.88 Å². The van der Waals surface area contributed by atoms with Crippen LogP contribution >= 0.6 is 11.6 Å². The molecule has 1 rings (SSSR count). The van der Waals surface area contributed by atoms with Crippen LogP contribution in [-0.4, -0.2) is 42.6 Å². The van der Waals surface area contributed by atoms with Gasteiger partial charge in [-0.15, -0.1) is 11.6 Å². The van der Waals surface area contributed by atoms with E-state index in [1.165, 1.54) is 0 Å². The first kappa shape index (κ1) is 16.3. The SMILES string of the molecule is CCN(CC)CCCN(CC)c1ncccc1CCl. The first-order chi connectivity index (χ1) is 9.26. The van der Waals surface area contributed by atoms with Crippen LogP contribution in [-0.2, 0) is 5.88 Å². The maximum absolute atomic E-state index is 5.99. The van der Waals surface area contributed by atoms with Crippen molar-refractivity contribution in [2.45, 2.75) is 33.1 Å². The van der Waals surface area contributed by atoms with E-state index in [-0.39, 0.29) is 0 Å². The van der Waals surface area contributed by atoms with E-state index < -0.39 is 0 Å². The van der Waals surface area contributed by atoms with E-state index in [0.717, 1.165) is 50.5 Å². The lowest BCUT2D eigenvalue weighted by molar-refractivity contribution is 0.300. The molecule has 4 heteroatoms. The average molecular weight is 284 g/mol. The van der Waals surface area contributed by atoms with Crippen LogP contribution in [0.4, 0.5) is 5.82 Å². The number of pyridine rings is 1. The van der Waals surface area contributed by atoms with Crippen molar-refractivity contribution in [1.82, 2.24) is 9.88 Å². The minimum atomic E-state index is 0.524. The molecule has 0 aliphatic rings. The van der Waals surface area contributed by atoms with Crippen molar-refractivity contribution in [2.24, 2.45) is 0 Å². The van der Waals surface area contributed by atoms with Crippen molar-refractivity contribution in [1.29, 1.82) is 0 Å². The quantitative estimate of drug-likeness (QED) is 0.648. The number of rotatable bonds is 9. The normalized spacial score (nSPS) is 11.0. The van der Waals surface area contributed by atoms with Crippen molar-refractivity contribution in [3.05, 3.63) is 23.9 Å². The van der Waals surface area contributed by atoms with E-state index in [1.807, 2.05) is 12.3 Å². The predicted molar refractivity (Wildman–Crippen MR) is 84.1 cm³/mol. The number of hydrogen-bond acceptors (Lipinski definition) is 3. The molecule has 0 aromatic carbocycles. The summed E-state index contributed by atoms with van der Waals surface area (Å²) in [6.07, 6.45) is 3.01. The van der Waals surface area contributed by atoms with E-state index in [1.54, 1.807) is 0 Å². The molecule has 0 unspecified atom stereocenters. The largest absolute Gasteiger partial charge is 0.357 e. The maximum atomic E-state index is 5.99. The van der Waals surface area contributed by atoms with E-state index in [2.05, 4.69) is 41.6 Å². The number of anilines is 1. The first-order valence-corrected chi connectivity index (χ1v) is 7.77. The molecule has 0 radical (unpaired) electrons. The Hall–Kier alpha value is -0.800. The van der Waals surface area contributed by atoms with Crippen LogP contribution in [0.1, 0.15) is 32.8 Å². The van der Waals surface area contributed by atoms with Gasteiger partial charge in [-0.1, -0.05) is 19.9 Å². The zero-order chi connectivity index (χ0) is 14.1. The Labute approximate surface area is 122 Å². The van der Waals surface area contributed by atoms with Crippen molar-refractivity contribution >= 4 is 17.4 Å². The molecule has 108 valence electrons. The van der Waals surface area contributed by atoms with E-state index in [4.69, 9.17) is 11.6 Å². The van der Waals surface area contributed by atoms with Gasteiger partial charge in [0.1, 0.15) is 5.82 Å². The molecule has 19 heavy (non-hydrogen) atoms. The number of halogens is 1. The van der Waals surface area contributed by atoms with Gasteiger partial charge in [0.15, 0.2) is 0 Å². The van der Waals surface area contributed by atoms with E-state index >= 15 is 0 Å². The van der Waals surface area contributed by atoms with Gasteiger partial charge < -0.3 is 9.80 Å². The fourth-order valence-electron chi connectivity index (χ4n) is 2.26. The molecule has 0 aliphatic carbocycles. The van der Waals surface area contributed by atoms with Crippen LogP contribution in [0, 0.1) is 0 Å². The minimum Gasteiger partial charge on any atom is -0.357 e. The van der Waals surface area contributed by atoms with Gasteiger partial charge in [0, 0.05) is 24.8 Å². The molecule has 0 atom stereocenters. The highest BCUT2D eigenvalue weighted by molar-refractivity contribution is 6.17. The Morgan fingerprint density at radius 3 is 2.42 bits per heavy atom. The fraction of sp³-hybridized carbons (Fsp3) is 0.667. The average Bonchev–Trinajstić information content (AvgIpc) is 2.48. The summed E-state index contributed by atoms with van der Waals surface area (Å²) < 4.78 is 0. The van der Waals surface area contributed by atoms with Crippen molar-refractivity contribution in [3.63, 3.8) is 0 Å². The Kier molecular flexibility index (Phi) is 7.84. The van der Waals surface area contributed by atoms with Crippen LogP contribution in [0.5, 0.6) is 0 Å². The van der Waals surface area contributed by atoms with E-state index in [9.17, 15) is 0 Å². The molecule has 0 saturated carbocycles. The van der Waals surface area contributed by atoms with Gasteiger partial charge in [-0.3, -0.25) is 0 Å². The van der Waals surface area contributed by atoms with Gasteiger partial charge in [0.2, 0.25) is 0 Å². The molecular weight excluding hydrogens is 258 g/mol. The topological polar surface area (TPSA) is 19.4 Å². The summed E-state index contributed by atoms with van der Waals surface area (Å²) in [6.45, 7) is 12.0. The Morgan fingerprint density at radius 1 is 1.11 bits per heavy atom. The highest BCUT2D eigenvalue weighted by Crippen LogP contribution is 2.19. The third-order valence-corrected chi connectivity index (χ3v) is 3.78. The third kappa shape index (κ3) is 5.00. The molecule has 0 fully saturated rings. The van der Waals surface area contributed by atoms with Crippen LogP contribution in [0.2, 0.25) is 0 Å². The summed E-state index contributed by atoms with van der Waals surface area (Å²) in [5.41, 5.74) is 1.12. The molecule has 0 N–H and O–H groups in total. The van der Waals surface area contributed by atoms with Crippen LogP contribution in [0.15, 0.2) is 18.3 Å². The second-order valence-corrected chi connectivity index (χ2v) is 4.85. The van der Waals surface area contributed by atoms with Gasteiger partial charge in [-0.05, 0) is 39.0 Å². The summed E-state index contributed by atoms with van der Waals surface area (Å²) in [5.74, 6) is 1.56. The second kappa shape index (κ2) is 9.16. The molecule has 1 heterocycles. The van der Waals surface area contributed by atoms with Gasteiger partial charge in [0.25, 0.3) is 0 Å². The van der Waals surface area contributed by atoms with Crippen molar-refractivity contribution in [3.8, 4) is 0 Å². The van der Waals surface area contributed by atoms with Gasteiger partial charge in [-0.2, -0.15) is 0 Å². The molecule has 0 spiro atoms. The third-order valence-electron chi connectivity index (χ3n) is 3.49. The zero-order valence-electron chi connectivity index (χ0n) is 12.4. The lowest BCUT2D eigenvalue weighted by atomic mass is 10.2.